The van der Waals surface area contributed by atoms with Crippen LogP contribution in [0.2, 0.25) is 0 Å². The molecule has 1 saturated heterocycles. The summed E-state index contributed by atoms with van der Waals surface area (Å²) in [6.07, 6.45) is 8.38. The van der Waals surface area contributed by atoms with Crippen LogP contribution in [0.15, 0.2) is 43.0 Å². The summed E-state index contributed by atoms with van der Waals surface area (Å²) in [4.78, 5) is 16.3. The van der Waals surface area contributed by atoms with Crippen molar-refractivity contribution < 1.29 is 13.5 Å². The monoisotopic (exact) mass is 436 g/mol. The van der Waals surface area contributed by atoms with Gasteiger partial charge in [-0.25, -0.2) is 18.7 Å². The molecule has 7 nitrogen and oxygen atoms in total. The second-order valence-electron chi connectivity index (χ2n) is 8.00. The molecule has 4 heterocycles. The standard InChI is InChI=1S/C23H22F2N6O/c1-14-10-26-12-19-21(14)29-23(22(28-19)15-11-27-30(2)13-15)31-7-5-17(6-8-31)32-20-4-3-16(24)9-18(20)25/h3-4,9-13,17H,5-8H2,1-2H3. The maximum absolute atomic E-state index is 14.0. The molecule has 9 heteroatoms. The molecule has 0 unspecified atom stereocenters. The van der Waals surface area contributed by atoms with Crippen LogP contribution in [0.25, 0.3) is 22.3 Å². The average molecular weight is 436 g/mol. The molecule has 0 radical (unpaired) electrons. The Bertz CT molecular complexity index is 1280. The smallest absolute Gasteiger partial charge is 0.167 e. The molecule has 5 rings (SSSR count). The van der Waals surface area contributed by atoms with Crippen molar-refractivity contribution in [1.29, 1.82) is 0 Å². The van der Waals surface area contributed by atoms with Gasteiger partial charge in [0.15, 0.2) is 17.4 Å². The highest BCUT2D eigenvalue weighted by Crippen LogP contribution is 2.32. The largest absolute Gasteiger partial charge is 0.487 e. The number of pyridine rings is 1. The third-order valence-corrected chi connectivity index (χ3v) is 5.65. The van der Waals surface area contributed by atoms with Crippen LogP contribution in [0.5, 0.6) is 5.75 Å². The van der Waals surface area contributed by atoms with Gasteiger partial charge in [0.2, 0.25) is 0 Å². The van der Waals surface area contributed by atoms with Gasteiger partial charge in [-0.3, -0.25) is 9.67 Å². The molecular formula is C23H22F2N6O. The molecule has 0 amide bonds. The van der Waals surface area contributed by atoms with Crippen LogP contribution in [0.4, 0.5) is 14.6 Å². The fraction of sp³-hybridized carbons (Fsp3) is 0.304. The Hall–Kier alpha value is -3.62. The SMILES string of the molecule is Cc1cncc2nc(-c3cnn(C)c3)c(N3CCC(Oc4ccc(F)cc4F)CC3)nc12. The summed E-state index contributed by atoms with van der Waals surface area (Å²) in [6, 6.07) is 3.38. The lowest BCUT2D eigenvalue weighted by Crippen LogP contribution is -2.39. The molecule has 1 fully saturated rings. The van der Waals surface area contributed by atoms with E-state index in [1.165, 1.54) is 12.1 Å². The minimum atomic E-state index is -0.684. The quantitative estimate of drug-likeness (QED) is 0.481. The first kappa shape index (κ1) is 20.3. The summed E-state index contributed by atoms with van der Waals surface area (Å²) < 4.78 is 34.7. The van der Waals surface area contributed by atoms with Gasteiger partial charge in [-0.2, -0.15) is 5.10 Å². The average Bonchev–Trinajstić information content (AvgIpc) is 3.22. The van der Waals surface area contributed by atoms with Crippen molar-refractivity contribution >= 4 is 16.9 Å². The molecule has 0 spiro atoms. The van der Waals surface area contributed by atoms with Crippen molar-refractivity contribution in [1.82, 2.24) is 24.7 Å². The number of halogens is 2. The topological polar surface area (TPSA) is 69.0 Å². The molecule has 0 bridgehead atoms. The van der Waals surface area contributed by atoms with Crippen LogP contribution in [-0.4, -0.2) is 43.9 Å². The molecule has 164 valence electrons. The lowest BCUT2D eigenvalue weighted by atomic mass is 10.1. The van der Waals surface area contributed by atoms with Gasteiger partial charge in [-0.05, 0) is 24.6 Å². The highest BCUT2D eigenvalue weighted by Gasteiger charge is 2.26. The van der Waals surface area contributed by atoms with Crippen molar-refractivity contribution in [2.45, 2.75) is 25.9 Å². The minimum Gasteiger partial charge on any atom is -0.487 e. The summed E-state index contributed by atoms with van der Waals surface area (Å²) in [6.45, 7) is 3.31. The Balaban J connectivity index is 1.42. The number of benzene rings is 1. The number of aromatic nitrogens is 5. The fourth-order valence-electron chi connectivity index (χ4n) is 3.99. The molecule has 0 saturated carbocycles. The highest BCUT2D eigenvalue weighted by molar-refractivity contribution is 5.84. The summed E-state index contributed by atoms with van der Waals surface area (Å²) in [5.41, 5.74) is 4.14. The third kappa shape index (κ3) is 3.86. The minimum absolute atomic E-state index is 0.0783. The Kier molecular flexibility index (Phi) is 5.16. The summed E-state index contributed by atoms with van der Waals surface area (Å²) in [5, 5.41) is 4.28. The number of anilines is 1. The number of nitrogens with zero attached hydrogens (tertiary/aromatic N) is 6. The molecule has 3 aromatic heterocycles. The number of aryl methyl sites for hydroxylation is 2. The number of ether oxygens (including phenoxy) is 1. The first-order valence-electron chi connectivity index (χ1n) is 10.5. The molecule has 1 aliphatic rings. The van der Waals surface area contributed by atoms with Gasteiger partial charge in [0, 0.05) is 57.0 Å². The fourth-order valence-corrected chi connectivity index (χ4v) is 3.99. The van der Waals surface area contributed by atoms with E-state index < -0.39 is 11.6 Å². The van der Waals surface area contributed by atoms with Gasteiger partial charge < -0.3 is 9.64 Å². The van der Waals surface area contributed by atoms with Gasteiger partial charge in [0.25, 0.3) is 0 Å². The number of piperidine rings is 1. The van der Waals surface area contributed by atoms with Crippen molar-refractivity contribution in [3.8, 4) is 17.0 Å². The normalized spacial score (nSPS) is 14.8. The van der Waals surface area contributed by atoms with Crippen molar-refractivity contribution in [3.63, 3.8) is 0 Å². The zero-order valence-electron chi connectivity index (χ0n) is 17.8. The Morgan fingerprint density at radius 2 is 1.88 bits per heavy atom. The number of fused-ring (bicyclic) bond motifs is 1. The predicted molar refractivity (Wildman–Crippen MR) is 116 cm³/mol. The number of hydrogen-bond donors (Lipinski definition) is 0. The number of rotatable bonds is 4. The van der Waals surface area contributed by atoms with Crippen LogP contribution in [0.1, 0.15) is 18.4 Å². The van der Waals surface area contributed by atoms with E-state index in [9.17, 15) is 8.78 Å². The van der Waals surface area contributed by atoms with Gasteiger partial charge in [0.05, 0.1) is 17.9 Å². The Morgan fingerprint density at radius 3 is 2.59 bits per heavy atom. The van der Waals surface area contributed by atoms with Crippen LogP contribution in [-0.2, 0) is 7.05 Å². The Morgan fingerprint density at radius 1 is 1.06 bits per heavy atom. The lowest BCUT2D eigenvalue weighted by Gasteiger charge is -2.33. The summed E-state index contributed by atoms with van der Waals surface area (Å²) >= 11 is 0. The summed E-state index contributed by atoms with van der Waals surface area (Å²) in [7, 11) is 1.86. The van der Waals surface area contributed by atoms with Crippen LogP contribution >= 0.6 is 0 Å². The van der Waals surface area contributed by atoms with E-state index in [-0.39, 0.29) is 11.9 Å². The van der Waals surface area contributed by atoms with Crippen LogP contribution < -0.4 is 9.64 Å². The summed E-state index contributed by atoms with van der Waals surface area (Å²) in [5.74, 6) is -0.440. The second-order valence-corrected chi connectivity index (χ2v) is 8.00. The van der Waals surface area contributed by atoms with E-state index in [1.807, 2.05) is 20.2 Å². The molecule has 32 heavy (non-hydrogen) atoms. The molecule has 4 aromatic rings. The second kappa shape index (κ2) is 8.14. The zero-order chi connectivity index (χ0) is 22.2. The molecular weight excluding hydrogens is 414 g/mol. The van der Waals surface area contributed by atoms with Crippen LogP contribution in [0, 0.1) is 18.6 Å². The zero-order valence-corrected chi connectivity index (χ0v) is 17.8. The van der Waals surface area contributed by atoms with E-state index in [0.717, 1.165) is 39.7 Å². The van der Waals surface area contributed by atoms with E-state index in [2.05, 4.69) is 15.0 Å². The molecule has 0 aliphatic carbocycles. The van der Waals surface area contributed by atoms with Gasteiger partial charge in [-0.1, -0.05) is 0 Å². The van der Waals surface area contributed by atoms with E-state index >= 15 is 0 Å². The predicted octanol–water partition coefficient (Wildman–Crippen LogP) is 4.06. The van der Waals surface area contributed by atoms with Gasteiger partial charge in [-0.15, -0.1) is 0 Å². The van der Waals surface area contributed by atoms with Gasteiger partial charge in [0.1, 0.15) is 23.1 Å². The molecule has 0 N–H and O–H groups in total. The third-order valence-electron chi connectivity index (χ3n) is 5.65. The Labute approximate surface area is 183 Å². The number of hydrogen-bond acceptors (Lipinski definition) is 6. The highest BCUT2D eigenvalue weighted by atomic mass is 19.1. The first-order valence-corrected chi connectivity index (χ1v) is 10.5. The van der Waals surface area contributed by atoms with E-state index in [0.29, 0.717) is 25.9 Å². The van der Waals surface area contributed by atoms with E-state index in [1.54, 1.807) is 23.3 Å². The molecule has 1 aromatic carbocycles. The van der Waals surface area contributed by atoms with Crippen LogP contribution in [0.3, 0.4) is 0 Å². The maximum Gasteiger partial charge on any atom is 0.167 e. The lowest BCUT2D eigenvalue weighted by molar-refractivity contribution is 0.163. The van der Waals surface area contributed by atoms with Crippen molar-refractivity contribution in [3.05, 3.63) is 60.2 Å². The van der Waals surface area contributed by atoms with Crippen molar-refractivity contribution in [2.24, 2.45) is 7.05 Å². The van der Waals surface area contributed by atoms with E-state index in [4.69, 9.17) is 14.7 Å². The molecule has 0 atom stereocenters. The van der Waals surface area contributed by atoms with Crippen molar-refractivity contribution in [2.75, 3.05) is 18.0 Å². The van der Waals surface area contributed by atoms with Gasteiger partial charge >= 0.3 is 0 Å². The first-order chi connectivity index (χ1) is 15.5. The maximum atomic E-state index is 14.0. The molecule has 1 aliphatic heterocycles.